The topological polar surface area (TPSA) is 20.3 Å². The summed E-state index contributed by atoms with van der Waals surface area (Å²) in [6.07, 6.45) is 1.84. The summed E-state index contributed by atoms with van der Waals surface area (Å²) in [4.78, 5) is 14.7. The summed E-state index contributed by atoms with van der Waals surface area (Å²) in [6, 6.07) is 13.9. The van der Waals surface area contributed by atoms with E-state index in [4.69, 9.17) is 12.2 Å². The lowest BCUT2D eigenvalue weighted by molar-refractivity contribution is -0.113. The van der Waals surface area contributed by atoms with Gasteiger partial charge in [-0.05, 0) is 46.9 Å². The molecule has 1 heterocycles. The Labute approximate surface area is 156 Å². The molecule has 1 aliphatic rings. The van der Waals surface area contributed by atoms with Crippen LogP contribution in [-0.4, -0.2) is 10.2 Å². The smallest absolute Gasteiger partial charge is 0.268 e. The number of carbonyl (C=O) groups is 1. The Morgan fingerprint density at radius 2 is 1.64 bits per heavy atom. The first kappa shape index (κ1) is 17.8. The summed E-state index contributed by atoms with van der Waals surface area (Å²) < 4.78 is 13.5. The Morgan fingerprint density at radius 1 is 1.04 bits per heavy atom. The van der Waals surface area contributed by atoms with Crippen LogP contribution in [0.2, 0.25) is 0 Å². The molecule has 0 saturated carbocycles. The number of nitrogens with zero attached hydrogens (tertiary/aromatic N) is 1. The molecule has 1 fully saturated rings. The van der Waals surface area contributed by atoms with Crippen molar-refractivity contribution in [1.29, 1.82) is 0 Å². The molecule has 0 radical (unpaired) electrons. The van der Waals surface area contributed by atoms with Gasteiger partial charge in [-0.1, -0.05) is 69.0 Å². The first-order chi connectivity index (χ1) is 11.8. The lowest BCUT2D eigenvalue weighted by atomic mass is 9.87. The van der Waals surface area contributed by atoms with Crippen LogP contribution in [0.3, 0.4) is 0 Å². The summed E-state index contributed by atoms with van der Waals surface area (Å²) in [5.41, 5.74) is 2.86. The van der Waals surface area contributed by atoms with Crippen molar-refractivity contribution in [2.75, 3.05) is 4.90 Å². The molecule has 128 valence electrons. The maximum Gasteiger partial charge on any atom is 0.270 e. The van der Waals surface area contributed by atoms with Crippen LogP contribution in [0.5, 0.6) is 0 Å². The van der Waals surface area contributed by atoms with E-state index in [2.05, 4.69) is 32.9 Å². The van der Waals surface area contributed by atoms with Crippen molar-refractivity contribution >= 4 is 46.0 Å². The molecule has 0 N–H and O–H groups in total. The first-order valence-corrected chi connectivity index (χ1v) is 9.12. The van der Waals surface area contributed by atoms with Crippen molar-refractivity contribution < 1.29 is 9.18 Å². The molecule has 0 aliphatic carbocycles. The molecule has 2 nitrogen and oxygen atoms in total. The molecule has 1 amide bonds. The second-order valence-electron chi connectivity index (χ2n) is 6.87. The molecule has 25 heavy (non-hydrogen) atoms. The zero-order valence-electron chi connectivity index (χ0n) is 14.2. The SMILES string of the molecule is CC(C)(C)c1ccc(C=C2SC(=S)N(c3ccc(F)cc3)C2=O)cc1. The van der Waals surface area contributed by atoms with Gasteiger partial charge in [0.25, 0.3) is 5.91 Å². The Kier molecular flexibility index (Phi) is 4.80. The molecule has 0 aromatic heterocycles. The molecule has 1 saturated heterocycles. The maximum absolute atomic E-state index is 13.1. The number of amides is 1. The summed E-state index contributed by atoms with van der Waals surface area (Å²) in [7, 11) is 0. The van der Waals surface area contributed by atoms with E-state index >= 15 is 0 Å². The molecule has 0 atom stereocenters. The van der Waals surface area contributed by atoms with Gasteiger partial charge in [-0.3, -0.25) is 9.69 Å². The Bertz CT molecular complexity index is 849. The second kappa shape index (κ2) is 6.73. The van der Waals surface area contributed by atoms with E-state index in [1.807, 2.05) is 18.2 Å². The van der Waals surface area contributed by atoms with Gasteiger partial charge in [0, 0.05) is 0 Å². The number of carbonyl (C=O) groups excluding carboxylic acids is 1. The van der Waals surface area contributed by atoms with Crippen molar-refractivity contribution in [1.82, 2.24) is 0 Å². The van der Waals surface area contributed by atoms with Crippen molar-refractivity contribution in [2.45, 2.75) is 26.2 Å². The molecule has 3 rings (SSSR count). The normalized spacial score (nSPS) is 16.8. The molecule has 0 spiro atoms. The average Bonchev–Trinajstić information content (AvgIpc) is 2.82. The number of hydrogen-bond donors (Lipinski definition) is 0. The number of anilines is 1. The summed E-state index contributed by atoms with van der Waals surface area (Å²) >= 11 is 6.59. The Balaban J connectivity index is 1.86. The number of thioether (sulfide) groups is 1. The third kappa shape index (κ3) is 3.83. The van der Waals surface area contributed by atoms with E-state index in [9.17, 15) is 9.18 Å². The fraction of sp³-hybridized carbons (Fsp3) is 0.200. The van der Waals surface area contributed by atoms with Gasteiger partial charge in [0.05, 0.1) is 10.6 Å². The van der Waals surface area contributed by atoms with Crippen molar-refractivity contribution in [3.63, 3.8) is 0 Å². The van der Waals surface area contributed by atoms with Gasteiger partial charge in [-0.2, -0.15) is 0 Å². The van der Waals surface area contributed by atoms with E-state index in [0.717, 1.165) is 5.56 Å². The molecule has 0 unspecified atom stereocenters. The molecule has 0 bridgehead atoms. The largest absolute Gasteiger partial charge is 0.270 e. The van der Waals surface area contributed by atoms with Gasteiger partial charge in [0.1, 0.15) is 5.82 Å². The monoisotopic (exact) mass is 371 g/mol. The molecule has 5 heteroatoms. The molecule has 2 aromatic rings. The predicted octanol–water partition coefficient (Wildman–Crippen LogP) is 5.53. The Morgan fingerprint density at radius 3 is 2.20 bits per heavy atom. The van der Waals surface area contributed by atoms with Gasteiger partial charge in [-0.15, -0.1) is 0 Å². The van der Waals surface area contributed by atoms with Crippen LogP contribution in [-0.2, 0) is 10.2 Å². The van der Waals surface area contributed by atoms with Crippen LogP contribution >= 0.6 is 24.0 Å². The highest BCUT2D eigenvalue weighted by atomic mass is 32.2. The first-order valence-electron chi connectivity index (χ1n) is 7.90. The fourth-order valence-corrected chi connectivity index (χ4v) is 3.81. The van der Waals surface area contributed by atoms with Gasteiger partial charge in [-0.25, -0.2) is 4.39 Å². The van der Waals surface area contributed by atoms with E-state index in [0.29, 0.717) is 14.9 Å². The second-order valence-corrected chi connectivity index (χ2v) is 8.54. The summed E-state index contributed by atoms with van der Waals surface area (Å²) in [5.74, 6) is -0.523. The van der Waals surface area contributed by atoms with Gasteiger partial charge >= 0.3 is 0 Å². The lowest BCUT2D eigenvalue weighted by Gasteiger charge is -2.18. The molecule has 1 aliphatic heterocycles. The van der Waals surface area contributed by atoms with E-state index in [1.54, 1.807) is 12.1 Å². The maximum atomic E-state index is 13.1. The zero-order valence-corrected chi connectivity index (χ0v) is 15.9. The number of hydrogen-bond acceptors (Lipinski definition) is 3. The van der Waals surface area contributed by atoms with Crippen LogP contribution in [0.25, 0.3) is 6.08 Å². The number of halogens is 1. The standard InChI is InChI=1S/C20H18FNOS2/c1-20(2,3)14-6-4-13(5-7-14)12-17-18(23)22(19(24)25-17)16-10-8-15(21)9-11-16/h4-12H,1-3H3. The van der Waals surface area contributed by atoms with Gasteiger partial charge in [0.2, 0.25) is 0 Å². The highest BCUT2D eigenvalue weighted by molar-refractivity contribution is 8.27. The quantitative estimate of drug-likeness (QED) is 0.511. The van der Waals surface area contributed by atoms with Gasteiger partial charge < -0.3 is 0 Å². The predicted molar refractivity (Wildman–Crippen MR) is 107 cm³/mol. The minimum absolute atomic E-state index is 0.0878. The highest BCUT2D eigenvalue weighted by Gasteiger charge is 2.33. The summed E-state index contributed by atoms with van der Waals surface area (Å²) in [5, 5.41) is 0. The van der Waals surface area contributed by atoms with Crippen molar-refractivity contribution in [3.05, 3.63) is 70.4 Å². The number of benzene rings is 2. The number of thiocarbonyl (C=S) groups is 1. The average molecular weight is 372 g/mol. The minimum atomic E-state index is -0.344. The van der Waals surface area contributed by atoms with E-state index in [1.165, 1.54) is 34.4 Å². The van der Waals surface area contributed by atoms with Crippen LogP contribution in [0.15, 0.2) is 53.4 Å². The highest BCUT2D eigenvalue weighted by Crippen LogP contribution is 2.36. The molecular formula is C20H18FNOS2. The van der Waals surface area contributed by atoms with Crippen LogP contribution < -0.4 is 4.90 Å². The third-order valence-corrected chi connectivity index (χ3v) is 5.26. The molecular weight excluding hydrogens is 353 g/mol. The number of rotatable bonds is 2. The minimum Gasteiger partial charge on any atom is -0.268 e. The van der Waals surface area contributed by atoms with Crippen molar-refractivity contribution in [3.8, 4) is 0 Å². The summed E-state index contributed by atoms with van der Waals surface area (Å²) in [6.45, 7) is 6.49. The van der Waals surface area contributed by atoms with Crippen LogP contribution in [0, 0.1) is 5.82 Å². The fourth-order valence-electron chi connectivity index (χ4n) is 2.51. The van der Waals surface area contributed by atoms with Gasteiger partial charge in [0.15, 0.2) is 4.32 Å². The third-order valence-electron chi connectivity index (χ3n) is 3.95. The van der Waals surface area contributed by atoms with Crippen molar-refractivity contribution in [2.24, 2.45) is 0 Å². The van der Waals surface area contributed by atoms with E-state index in [-0.39, 0.29) is 17.1 Å². The zero-order chi connectivity index (χ0) is 18.2. The lowest BCUT2D eigenvalue weighted by Crippen LogP contribution is -2.27. The van der Waals surface area contributed by atoms with Crippen LogP contribution in [0.4, 0.5) is 10.1 Å². The Hall–Kier alpha value is -1.98. The molecule has 2 aromatic carbocycles. The van der Waals surface area contributed by atoms with Crippen LogP contribution in [0.1, 0.15) is 31.9 Å². The van der Waals surface area contributed by atoms with E-state index < -0.39 is 0 Å².